The van der Waals surface area contributed by atoms with Crippen molar-refractivity contribution in [2.24, 2.45) is 5.73 Å². The van der Waals surface area contributed by atoms with Gasteiger partial charge in [-0.3, -0.25) is 4.79 Å². The first-order chi connectivity index (χ1) is 8.11. The molecule has 5 nitrogen and oxygen atoms in total. The number of carbonyl (C=O) groups is 1. The van der Waals surface area contributed by atoms with E-state index in [2.05, 4.69) is 4.98 Å². The molecule has 0 bridgehead atoms. The number of nitrogens with zero attached hydrogens (tertiary/aromatic N) is 3. The molecule has 2 rings (SSSR count). The molecule has 0 aliphatic carbocycles. The minimum absolute atomic E-state index is 0.105. The third kappa shape index (κ3) is 2.34. The maximum Gasteiger partial charge on any atom is 0.245 e. The van der Waals surface area contributed by atoms with Crippen LogP contribution in [0.1, 0.15) is 44.5 Å². The molecule has 2 atom stereocenters. The van der Waals surface area contributed by atoms with E-state index in [1.54, 1.807) is 12.5 Å². The summed E-state index contributed by atoms with van der Waals surface area (Å²) in [4.78, 5) is 18.3. The van der Waals surface area contributed by atoms with E-state index in [1.165, 1.54) is 0 Å². The normalized spacial score (nSPS) is 19.4. The van der Waals surface area contributed by atoms with E-state index in [0.717, 1.165) is 31.6 Å². The summed E-state index contributed by atoms with van der Waals surface area (Å²) in [6.07, 6.45) is 5.65. The second kappa shape index (κ2) is 4.87. The van der Waals surface area contributed by atoms with Gasteiger partial charge in [0.05, 0.1) is 12.0 Å². The van der Waals surface area contributed by atoms with Crippen molar-refractivity contribution in [3.05, 3.63) is 18.2 Å². The molecule has 1 aliphatic rings. The SMILES string of the molecule is CC(C(=O)N1CCCC1)n1cncc1[C@@H](C)N. The van der Waals surface area contributed by atoms with Gasteiger partial charge in [-0.2, -0.15) is 0 Å². The second-order valence-electron chi connectivity index (χ2n) is 4.72. The van der Waals surface area contributed by atoms with Gasteiger partial charge in [0.15, 0.2) is 0 Å². The highest BCUT2D eigenvalue weighted by Gasteiger charge is 2.25. The van der Waals surface area contributed by atoms with Crippen LogP contribution in [0.3, 0.4) is 0 Å². The van der Waals surface area contributed by atoms with Gasteiger partial charge in [-0.1, -0.05) is 0 Å². The first-order valence-electron chi connectivity index (χ1n) is 6.17. The average molecular weight is 236 g/mol. The molecule has 1 aromatic heterocycles. The molecular weight excluding hydrogens is 216 g/mol. The molecule has 0 spiro atoms. The van der Waals surface area contributed by atoms with E-state index in [4.69, 9.17) is 5.73 Å². The number of amides is 1. The van der Waals surface area contributed by atoms with E-state index in [0.29, 0.717) is 0 Å². The molecule has 1 fully saturated rings. The van der Waals surface area contributed by atoms with Gasteiger partial charge in [-0.15, -0.1) is 0 Å². The summed E-state index contributed by atoms with van der Waals surface area (Å²) in [7, 11) is 0. The van der Waals surface area contributed by atoms with Gasteiger partial charge in [0.25, 0.3) is 0 Å². The molecule has 1 saturated heterocycles. The minimum Gasteiger partial charge on any atom is -0.341 e. The Bertz CT molecular complexity index is 393. The summed E-state index contributed by atoms with van der Waals surface area (Å²) in [6.45, 7) is 5.57. The third-order valence-corrected chi connectivity index (χ3v) is 3.35. The van der Waals surface area contributed by atoms with Gasteiger partial charge in [0.1, 0.15) is 6.04 Å². The van der Waals surface area contributed by atoms with Crippen molar-refractivity contribution in [3.63, 3.8) is 0 Å². The van der Waals surface area contributed by atoms with Crippen LogP contribution in [-0.4, -0.2) is 33.4 Å². The van der Waals surface area contributed by atoms with Crippen molar-refractivity contribution in [2.45, 2.75) is 38.8 Å². The number of carbonyl (C=O) groups excluding carboxylic acids is 1. The van der Waals surface area contributed by atoms with Gasteiger partial charge >= 0.3 is 0 Å². The first-order valence-corrected chi connectivity index (χ1v) is 6.17. The standard InChI is InChI=1S/C12H20N4O/c1-9(13)11-7-14-8-16(11)10(2)12(17)15-5-3-4-6-15/h7-10H,3-6,13H2,1-2H3/t9-,10?/m1/s1. The topological polar surface area (TPSA) is 64.2 Å². The first kappa shape index (κ1) is 12.1. The lowest BCUT2D eigenvalue weighted by molar-refractivity contribution is -0.133. The highest BCUT2D eigenvalue weighted by molar-refractivity contribution is 5.80. The molecule has 1 aromatic rings. The van der Waals surface area contributed by atoms with Crippen molar-refractivity contribution in [1.29, 1.82) is 0 Å². The van der Waals surface area contributed by atoms with E-state index in [9.17, 15) is 4.79 Å². The summed E-state index contributed by atoms with van der Waals surface area (Å²) in [5.41, 5.74) is 6.77. The molecule has 2 heterocycles. The van der Waals surface area contributed by atoms with Crippen LogP contribution in [-0.2, 0) is 4.79 Å². The number of rotatable bonds is 3. The van der Waals surface area contributed by atoms with Crippen LogP contribution in [0.2, 0.25) is 0 Å². The number of nitrogens with two attached hydrogens (primary N) is 1. The average Bonchev–Trinajstić information content (AvgIpc) is 2.97. The Morgan fingerprint density at radius 2 is 2.06 bits per heavy atom. The van der Waals surface area contributed by atoms with Crippen LogP contribution in [0.5, 0.6) is 0 Å². The summed E-state index contributed by atoms with van der Waals surface area (Å²) < 4.78 is 1.88. The molecule has 0 aromatic carbocycles. The number of aromatic nitrogens is 2. The molecule has 5 heteroatoms. The van der Waals surface area contributed by atoms with E-state index >= 15 is 0 Å². The maximum absolute atomic E-state index is 12.3. The third-order valence-electron chi connectivity index (χ3n) is 3.35. The van der Waals surface area contributed by atoms with Crippen LogP contribution in [0.25, 0.3) is 0 Å². The number of hydrogen-bond acceptors (Lipinski definition) is 3. The Hall–Kier alpha value is -1.36. The zero-order chi connectivity index (χ0) is 12.4. The predicted octanol–water partition coefficient (Wildman–Crippen LogP) is 1.09. The molecule has 17 heavy (non-hydrogen) atoms. The molecule has 2 N–H and O–H groups in total. The fourth-order valence-corrected chi connectivity index (χ4v) is 2.31. The van der Waals surface area contributed by atoms with Crippen LogP contribution < -0.4 is 5.73 Å². The second-order valence-corrected chi connectivity index (χ2v) is 4.72. The molecular formula is C12H20N4O. The van der Waals surface area contributed by atoms with Crippen molar-refractivity contribution >= 4 is 5.91 Å². The van der Waals surface area contributed by atoms with Gasteiger partial charge in [0.2, 0.25) is 5.91 Å². The number of imidazole rings is 1. The smallest absolute Gasteiger partial charge is 0.245 e. The lowest BCUT2D eigenvalue weighted by Gasteiger charge is -2.23. The Labute approximate surface area is 102 Å². The van der Waals surface area contributed by atoms with E-state index in [1.807, 2.05) is 23.3 Å². The van der Waals surface area contributed by atoms with Crippen molar-refractivity contribution < 1.29 is 4.79 Å². The minimum atomic E-state index is -0.211. The number of likely N-dealkylation sites (tertiary alicyclic amines) is 1. The summed E-state index contributed by atoms with van der Waals surface area (Å²) >= 11 is 0. The highest BCUT2D eigenvalue weighted by Crippen LogP contribution is 2.19. The van der Waals surface area contributed by atoms with Gasteiger partial charge < -0.3 is 15.2 Å². The fraction of sp³-hybridized carbons (Fsp3) is 0.667. The Kier molecular flexibility index (Phi) is 3.47. The summed E-state index contributed by atoms with van der Waals surface area (Å²) in [5, 5.41) is 0. The van der Waals surface area contributed by atoms with Crippen LogP contribution in [0.4, 0.5) is 0 Å². The zero-order valence-corrected chi connectivity index (χ0v) is 10.5. The molecule has 0 radical (unpaired) electrons. The molecule has 1 unspecified atom stereocenters. The quantitative estimate of drug-likeness (QED) is 0.854. The summed E-state index contributed by atoms with van der Waals surface area (Å²) in [5.74, 6) is 0.169. The van der Waals surface area contributed by atoms with Crippen LogP contribution >= 0.6 is 0 Å². The Morgan fingerprint density at radius 3 is 2.65 bits per heavy atom. The fourth-order valence-electron chi connectivity index (χ4n) is 2.31. The van der Waals surface area contributed by atoms with Crippen LogP contribution in [0, 0.1) is 0 Å². The zero-order valence-electron chi connectivity index (χ0n) is 10.5. The maximum atomic E-state index is 12.3. The molecule has 0 saturated carbocycles. The molecule has 1 aliphatic heterocycles. The summed E-state index contributed by atoms with van der Waals surface area (Å²) in [6, 6.07) is -0.317. The van der Waals surface area contributed by atoms with Crippen molar-refractivity contribution in [1.82, 2.24) is 14.5 Å². The van der Waals surface area contributed by atoms with E-state index < -0.39 is 0 Å². The largest absolute Gasteiger partial charge is 0.341 e. The Balaban J connectivity index is 2.15. The van der Waals surface area contributed by atoms with Crippen LogP contribution in [0.15, 0.2) is 12.5 Å². The monoisotopic (exact) mass is 236 g/mol. The molecule has 94 valence electrons. The lowest BCUT2D eigenvalue weighted by Crippen LogP contribution is -2.34. The highest BCUT2D eigenvalue weighted by atomic mass is 16.2. The predicted molar refractivity (Wildman–Crippen MR) is 65.4 cm³/mol. The van der Waals surface area contributed by atoms with Gasteiger partial charge in [-0.05, 0) is 26.7 Å². The van der Waals surface area contributed by atoms with Crippen molar-refractivity contribution in [3.8, 4) is 0 Å². The van der Waals surface area contributed by atoms with Gasteiger partial charge in [-0.25, -0.2) is 4.98 Å². The Morgan fingerprint density at radius 1 is 1.41 bits per heavy atom. The lowest BCUT2D eigenvalue weighted by atomic mass is 10.2. The van der Waals surface area contributed by atoms with Gasteiger partial charge in [0, 0.05) is 25.3 Å². The number of hydrogen-bond donors (Lipinski definition) is 1. The van der Waals surface area contributed by atoms with E-state index in [-0.39, 0.29) is 18.0 Å². The van der Waals surface area contributed by atoms with Crippen molar-refractivity contribution in [2.75, 3.05) is 13.1 Å². The molecule has 1 amide bonds.